The summed E-state index contributed by atoms with van der Waals surface area (Å²) in [5, 5.41) is 13.4. The van der Waals surface area contributed by atoms with E-state index >= 15 is 0 Å². The maximum atomic E-state index is 13.1. The molecule has 1 aliphatic carbocycles. The van der Waals surface area contributed by atoms with Crippen LogP contribution in [0.3, 0.4) is 0 Å². The second-order valence-corrected chi connectivity index (χ2v) is 8.90. The first kappa shape index (κ1) is 21.1. The van der Waals surface area contributed by atoms with Gasteiger partial charge in [0.15, 0.2) is 5.69 Å². The van der Waals surface area contributed by atoms with Gasteiger partial charge in [-0.3, -0.25) is 29.5 Å². The number of aromatic nitrogens is 4. The molecule has 0 bridgehead atoms. The fourth-order valence-electron chi connectivity index (χ4n) is 4.96. The first-order chi connectivity index (χ1) is 17.0. The third-order valence-electron chi connectivity index (χ3n) is 6.77. The first-order valence-electron chi connectivity index (χ1n) is 11.4. The van der Waals surface area contributed by atoms with Gasteiger partial charge in [-0.25, -0.2) is 4.68 Å². The summed E-state index contributed by atoms with van der Waals surface area (Å²) in [7, 11) is 0. The zero-order chi connectivity index (χ0) is 24.1. The fraction of sp³-hybridized carbons (Fsp3) is 0.292. The molecule has 3 aliphatic rings. The zero-order valence-electron chi connectivity index (χ0n) is 18.6. The van der Waals surface area contributed by atoms with Gasteiger partial charge in [-0.1, -0.05) is 17.3 Å². The summed E-state index contributed by atoms with van der Waals surface area (Å²) >= 11 is 0. The number of rotatable bonds is 4. The third-order valence-corrected chi connectivity index (χ3v) is 6.77. The fourth-order valence-corrected chi connectivity index (χ4v) is 4.96. The van der Waals surface area contributed by atoms with Crippen LogP contribution in [-0.4, -0.2) is 54.5 Å². The van der Waals surface area contributed by atoms with Crippen molar-refractivity contribution >= 4 is 23.6 Å². The number of hydrogen-bond acceptors (Lipinski definition) is 7. The van der Waals surface area contributed by atoms with Crippen molar-refractivity contribution in [3.8, 4) is 5.69 Å². The molecule has 0 radical (unpaired) electrons. The molecule has 1 fully saturated rings. The van der Waals surface area contributed by atoms with E-state index in [4.69, 9.17) is 0 Å². The Bertz CT molecular complexity index is 1400. The minimum absolute atomic E-state index is 0.159. The molecule has 1 saturated heterocycles. The van der Waals surface area contributed by atoms with Crippen molar-refractivity contribution in [1.82, 2.24) is 35.5 Å². The summed E-state index contributed by atoms with van der Waals surface area (Å²) in [5.74, 6) is -1.39. The molecule has 176 valence electrons. The number of fused-ring (bicyclic) bond motifs is 2. The van der Waals surface area contributed by atoms with Gasteiger partial charge in [0.1, 0.15) is 6.04 Å². The Hall–Kier alpha value is -4.41. The highest BCUT2D eigenvalue weighted by Crippen LogP contribution is 2.30. The zero-order valence-corrected chi connectivity index (χ0v) is 18.6. The van der Waals surface area contributed by atoms with Gasteiger partial charge >= 0.3 is 0 Å². The Labute approximate surface area is 199 Å². The molecule has 0 saturated carbocycles. The number of benzene rings is 1. The number of amides is 4. The molecule has 1 aromatic carbocycles. The molecule has 35 heavy (non-hydrogen) atoms. The molecule has 11 heteroatoms. The van der Waals surface area contributed by atoms with Crippen LogP contribution >= 0.6 is 0 Å². The maximum absolute atomic E-state index is 13.1. The molecule has 3 aromatic rings. The summed E-state index contributed by atoms with van der Waals surface area (Å²) < 4.78 is 1.44. The largest absolute Gasteiger partial charge is 0.342 e. The van der Waals surface area contributed by atoms with E-state index in [0.29, 0.717) is 24.2 Å². The summed E-state index contributed by atoms with van der Waals surface area (Å²) in [6.45, 7) is 0.294. The molecule has 4 heterocycles. The highest BCUT2D eigenvalue weighted by atomic mass is 16.2. The van der Waals surface area contributed by atoms with Crippen LogP contribution in [-0.2, 0) is 22.6 Å². The van der Waals surface area contributed by atoms with E-state index in [9.17, 15) is 19.2 Å². The number of aryl methyl sites for hydroxylation is 1. The van der Waals surface area contributed by atoms with E-state index in [1.54, 1.807) is 24.4 Å². The van der Waals surface area contributed by atoms with Gasteiger partial charge in [0.2, 0.25) is 11.8 Å². The van der Waals surface area contributed by atoms with E-state index in [1.807, 2.05) is 12.1 Å². The Morgan fingerprint density at radius 2 is 1.97 bits per heavy atom. The first-order valence-corrected chi connectivity index (χ1v) is 11.4. The number of pyridine rings is 1. The molecule has 2 atom stereocenters. The lowest BCUT2D eigenvalue weighted by Crippen LogP contribution is -2.52. The number of piperidine rings is 1. The van der Waals surface area contributed by atoms with Crippen LogP contribution < -0.4 is 10.6 Å². The summed E-state index contributed by atoms with van der Waals surface area (Å²) in [4.78, 5) is 55.4. The van der Waals surface area contributed by atoms with E-state index in [1.165, 1.54) is 15.8 Å². The topological polar surface area (TPSA) is 139 Å². The van der Waals surface area contributed by atoms with Crippen LogP contribution in [0.15, 0.2) is 42.7 Å². The van der Waals surface area contributed by atoms with Gasteiger partial charge in [0.05, 0.1) is 23.6 Å². The monoisotopic (exact) mass is 471 g/mol. The summed E-state index contributed by atoms with van der Waals surface area (Å²) in [6, 6.07) is 8.33. The highest BCUT2D eigenvalue weighted by Gasteiger charge is 2.39. The second-order valence-electron chi connectivity index (χ2n) is 8.90. The molecule has 2 aromatic heterocycles. The number of imide groups is 1. The van der Waals surface area contributed by atoms with Gasteiger partial charge in [0, 0.05) is 24.7 Å². The van der Waals surface area contributed by atoms with E-state index in [0.717, 1.165) is 29.7 Å². The summed E-state index contributed by atoms with van der Waals surface area (Å²) in [6.07, 6.45) is 5.38. The van der Waals surface area contributed by atoms with Crippen molar-refractivity contribution in [1.29, 1.82) is 0 Å². The van der Waals surface area contributed by atoms with Gasteiger partial charge in [0.25, 0.3) is 11.8 Å². The van der Waals surface area contributed by atoms with Crippen molar-refractivity contribution in [2.24, 2.45) is 0 Å². The van der Waals surface area contributed by atoms with Crippen LogP contribution in [0.2, 0.25) is 0 Å². The van der Waals surface area contributed by atoms with Gasteiger partial charge in [-0.05, 0) is 48.6 Å². The Morgan fingerprint density at radius 3 is 2.83 bits per heavy atom. The number of carbonyl (C=O) groups is 4. The van der Waals surface area contributed by atoms with E-state index in [-0.39, 0.29) is 35.9 Å². The van der Waals surface area contributed by atoms with Crippen LogP contribution in [0.5, 0.6) is 0 Å². The van der Waals surface area contributed by atoms with Gasteiger partial charge in [-0.15, -0.1) is 5.10 Å². The molecule has 2 unspecified atom stereocenters. The number of nitrogens with one attached hydrogen (secondary N) is 2. The molecule has 4 amide bonds. The van der Waals surface area contributed by atoms with Gasteiger partial charge in [-0.2, -0.15) is 0 Å². The Morgan fingerprint density at radius 1 is 1.09 bits per heavy atom. The normalized spacial score (nSPS) is 21.0. The second kappa shape index (κ2) is 8.12. The third kappa shape index (κ3) is 3.65. The van der Waals surface area contributed by atoms with Crippen molar-refractivity contribution < 1.29 is 19.2 Å². The Kier molecular flexibility index (Phi) is 4.90. The molecule has 2 aliphatic heterocycles. The van der Waals surface area contributed by atoms with Gasteiger partial charge < -0.3 is 10.2 Å². The molecule has 6 rings (SSSR count). The minimum Gasteiger partial charge on any atom is -0.342 e. The smallest absolute Gasteiger partial charge is 0.274 e. The number of carbonyl (C=O) groups excluding carboxylic acids is 4. The quantitative estimate of drug-likeness (QED) is 0.538. The predicted octanol–water partition coefficient (Wildman–Crippen LogP) is 0.841. The van der Waals surface area contributed by atoms with Crippen LogP contribution in [0.1, 0.15) is 63.0 Å². The average molecular weight is 471 g/mol. The van der Waals surface area contributed by atoms with Crippen molar-refractivity contribution in [3.63, 3.8) is 0 Å². The standard InChI is InChI=1S/C24H21N7O4/c32-20-8-7-19(23(34)27-20)30-11-14-3-5-15(10-16(14)24(30)35)31-12-18(28-29-31)22(33)26-17-6-4-13-2-1-9-25-21(13)17/h1-3,5,9-10,12,17,19H,4,6-8,11H2,(H,26,33)(H,27,32,34). The molecular formula is C24H21N7O4. The lowest BCUT2D eigenvalue weighted by molar-refractivity contribution is -0.136. The highest BCUT2D eigenvalue weighted by molar-refractivity contribution is 6.05. The Balaban J connectivity index is 1.18. The van der Waals surface area contributed by atoms with E-state index < -0.39 is 11.9 Å². The predicted molar refractivity (Wildman–Crippen MR) is 120 cm³/mol. The van der Waals surface area contributed by atoms with E-state index in [2.05, 4.69) is 25.9 Å². The molecular weight excluding hydrogens is 450 g/mol. The van der Waals surface area contributed by atoms with Crippen LogP contribution in [0, 0.1) is 0 Å². The van der Waals surface area contributed by atoms with Crippen LogP contribution in [0.4, 0.5) is 0 Å². The number of nitrogens with zero attached hydrogens (tertiary/aromatic N) is 5. The number of hydrogen-bond donors (Lipinski definition) is 2. The lowest BCUT2D eigenvalue weighted by Gasteiger charge is -2.29. The molecule has 11 nitrogen and oxygen atoms in total. The van der Waals surface area contributed by atoms with Crippen molar-refractivity contribution in [3.05, 3.63) is 70.8 Å². The lowest BCUT2D eigenvalue weighted by atomic mass is 10.0. The van der Waals surface area contributed by atoms with Crippen LogP contribution in [0.25, 0.3) is 5.69 Å². The average Bonchev–Trinajstić information content (AvgIpc) is 3.58. The maximum Gasteiger partial charge on any atom is 0.274 e. The SMILES string of the molecule is O=C1CCC(N2Cc3ccc(-n4cc(C(=O)NC5CCc6cccnc65)nn4)cc3C2=O)C(=O)N1. The molecule has 0 spiro atoms. The van der Waals surface area contributed by atoms with Crippen molar-refractivity contribution in [2.45, 2.75) is 44.3 Å². The van der Waals surface area contributed by atoms with Crippen molar-refractivity contribution in [2.75, 3.05) is 0 Å². The minimum atomic E-state index is -0.673. The summed E-state index contributed by atoms with van der Waals surface area (Å²) in [5.41, 5.74) is 3.99. The molecule has 2 N–H and O–H groups in total.